The van der Waals surface area contributed by atoms with Gasteiger partial charge in [-0.1, -0.05) is 44.2 Å². The van der Waals surface area contributed by atoms with Crippen molar-refractivity contribution in [1.82, 2.24) is 24.5 Å². The molecule has 4 fully saturated rings. The number of benzene rings is 1. The number of imidazole rings is 1. The summed E-state index contributed by atoms with van der Waals surface area (Å²) in [5, 5.41) is 3.57. The van der Waals surface area contributed by atoms with Crippen LogP contribution in [0.3, 0.4) is 0 Å². The van der Waals surface area contributed by atoms with Crippen molar-refractivity contribution >= 4 is 27.0 Å². The van der Waals surface area contributed by atoms with Gasteiger partial charge in [-0.3, -0.25) is 4.90 Å². The van der Waals surface area contributed by atoms with Gasteiger partial charge in [-0.15, -0.1) is 0 Å². The Labute approximate surface area is 228 Å². The average molecular weight is 543 g/mol. The normalized spacial score (nSPS) is 29.4. The monoisotopic (exact) mass is 542 g/mol. The number of sulfonamides is 1. The molecule has 8 nitrogen and oxygen atoms in total. The van der Waals surface area contributed by atoms with E-state index in [1.165, 1.54) is 82.6 Å². The van der Waals surface area contributed by atoms with Crippen molar-refractivity contribution in [3.63, 3.8) is 0 Å². The summed E-state index contributed by atoms with van der Waals surface area (Å²) in [7, 11) is -3.19. The molecule has 1 aromatic carbocycles. The highest BCUT2D eigenvalue weighted by molar-refractivity contribution is 7.88. The minimum Gasteiger partial charge on any atom is -0.342 e. The van der Waals surface area contributed by atoms with E-state index in [0.717, 1.165) is 31.1 Å². The maximum absolute atomic E-state index is 11.7. The first-order valence-electron chi connectivity index (χ1n) is 15.0. The van der Waals surface area contributed by atoms with E-state index in [1.807, 2.05) is 0 Å². The van der Waals surface area contributed by atoms with E-state index in [0.29, 0.717) is 30.0 Å². The minimum atomic E-state index is -3.19. The second-order valence-electron chi connectivity index (χ2n) is 12.7. The SMILES string of the molecule is CC1(N2CCC(n3c(N4CC5CNC(CNS(C)(=O)=O)C5C4)nc4ccccc43)CC2)CCCCCCC1. The summed E-state index contributed by atoms with van der Waals surface area (Å²) >= 11 is 0. The lowest BCUT2D eigenvalue weighted by atomic mass is 9.82. The largest absolute Gasteiger partial charge is 0.342 e. The summed E-state index contributed by atoms with van der Waals surface area (Å²) in [4.78, 5) is 10.5. The summed E-state index contributed by atoms with van der Waals surface area (Å²) in [5.41, 5.74) is 2.70. The van der Waals surface area contributed by atoms with Crippen molar-refractivity contribution in [3.05, 3.63) is 24.3 Å². The molecule has 1 aliphatic carbocycles. The Kier molecular flexibility index (Phi) is 7.48. The summed E-state index contributed by atoms with van der Waals surface area (Å²) in [6.45, 7) is 8.17. The molecule has 4 aliphatic rings. The van der Waals surface area contributed by atoms with Crippen LogP contribution in [-0.2, 0) is 10.0 Å². The molecule has 2 aromatic rings. The van der Waals surface area contributed by atoms with Gasteiger partial charge >= 0.3 is 0 Å². The molecule has 3 unspecified atom stereocenters. The molecule has 9 heteroatoms. The van der Waals surface area contributed by atoms with Crippen molar-refractivity contribution < 1.29 is 8.42 Å². The Morgan fingerprint density at radius 3 is 2.50 bits per heavy atom. The molecule has 2 N–H and O–H groups in total. The third kappa shape index (κ3) is 5.36. The summed E-state index contributed by atoms with van der Waals surface area (Å²) in [5.74, 6) is 2.07. The summed E-state index contributed by atoms with van der Waals surface area (Å²) in [6, 6.07) is 9.27. The zero-order valence-corrected chi connectivity index (χ0v) is 24.1. The molecule has 4 heterocycles. The Balaban J connectivity index is 1.20. The first-order valence-corrected chi connectivity index (χ1v) is 16.8. The summed E-state index contributed by atoms with van der Waals surface area (Å²) < 4.78 is 28.7. The molecule has 0 radical (unpaired) electrons. The maximum Gasteiger partial charge on any atom is 0.208 e. The molecule has 6 rings (SSSR count). The van der Waals surface area contributed by atoms with Gasteiger partial charge in [0.15, 0.2) is 0 Å². The van der Waals surface area contributed by atoms with Gasteiger partial charge in [0.1, 0.15) is 0 Å². The van der Waals surface area contributed by atoms with Crippen molar-refractivity contribution in [1.29, 1.82) is 0 Å². The van der Waals surface area contributed by atoms with Gasteiger partial charge in [0, 0.05) is 56.9 Å². The van der Waals surface area contributed by atoms with Crippen LogP contribution in [0.4, 0.5) is 5.95 Å². The first kappa shape index (κ1) is 26.5. The first-order chi connectivity index (χ1) is 18.3. The van der Waals surface area contributed by atoms with Crippen LogP contribution < -0.4 is 14.9 Å². The number of hydrogen-bond acceptors (Lipinski definition) is 6. The molecule has 3 aliphatic heterocycles. The number of anilines is 1. The van der Waals surface area contributed by atoms with Gasteiger partial charge < -0.3 is 14.8 Å². The lowest BCUT2D eigenvalue weighted by Gasteiger charge is -2.46. The molecular weight excluding hydrogens is 496 g/mol. The number of likely N-dealkylation sites (tertiary alicyclic amines) is 1. The Morgan fingerprint density at radius 2 is 1.76 bits per heavy atom. The number of nitrogens with one attached hydrogen (secondary N) is 2. The Bertz CT molecular complexity index is 1210. The average Bonchev–Trinajstić information content (AvgIpc) is 3.57. The number of para-hydroxylation sites is 2. The van der Waals surface area contributed by atoms with Gasteiger partial charge in [-0.2, -0.15) is 0 Å². The molecule has 1 saturated carbocycles. The second kappa shape index (κ2) is 10.7. The van der Waals surface area contributed by atoms with Gasteiger partial charge in [-0.25, -0.2) is 18.1 Å². The van der Waals surface area contributed by atoms with Crippen LogP contribution >= 0.6 is 0 Å². The molecule has 3 atom stereocenters. The third-order valence-electron chi connectivity index (χ3n) is 10.1. The predicted octanol–water partition coefficient (Wildman–Crippen LogP) is 3.75. The standard InChI is InChI=1S/C29H46N6O2S/c1-29(14-8-4-3-5-9-15-29)34-16-12-23(13-17-34)35-27-11-7-6-10-25(27)32-28(35)33-20-22-18-30-26(24(22)21-33)19-31-38(2,36)37/h6-7,10-11,22-24,26,30-31H,3-5,8-9,12-21H2,1-2H3. The van der Waals surface area contributed by atoms with Crippen molar-refractivity contribution in [2.24, 2.45) is 11.8 Å². The molecule has 3 saturated heterocycles. The highest BCUT2D eigenvalue weighted by atomic mass is 32.2. The zero-order chi connectivity index (χ0) is 26.3. The van der Waals surface area contributed by atoms with E-state index < -0.39 is 10.0 Å². The summed E-state index contributed by atoms with van der Waals surface area (Å²) in [6.07, 6.45) is 13.2. The van der Waals surface area contributed by atoms with Crippen LogP contribution in [0.25, 0.3) is 11.0 Å². The van der Waals surface area contributed by atoms with Gasteiger partial charge in [0.25, 0.3) is 0 Å². The number of hydrogen-bond donors (Lipinski definition) is 2. The van der Waals surface area contributed by atoms with E-state index in [-0.39, 0.29) is 6.04 Å². The second-order valence-corrected chi connectivity index (χ2v) is 14.6. The van der Waals surface area contributed by atoms with Gasteiger partial charge in [-0.05, 0) is 56.6 Å². The van der Waals surface area contributed by atoms with E-state index in [1.54, 1.807) is 0 Å². The Morgan fingerprint density at radius 1 is 1.05 bits per heavy atom. The highest BCUT2D eigenvalue weighted by Gasteiger charge is 2.44. The van der Waals surface area contributed by atoms with Crippen LogP contribution in [0, 0.1) is 11.8 Å². The molecular formula is C29H46N6O2S. The zero-order valence-electron chi connectivity index (χ0n) is 23.2. The maximum atomic E-state index is 11.7. The number of nitrogens with zero attached hydrogens (tertiary/aromatic N) is 4. The van der Waals surface area contributed by atoms with Gasteiger partial charge in [0.05, 0.1) is 17.3 Å². The van der Waals surface area contributed by atoms with Crippen LogP contribution in [0.1, 0.15) is 70.8 Å². The van der Waals surface area contributed by atoms with Gasteiger partial charge in [0.2, 0.25) is 16.0 Å². The predicted molar refractivity (Wildman–Crippen MR) is 154 cm³/mol. The van der Waals surface area contributed by atoms with Crippen molar-refractivity contribution in [2.45, 2.75) is 82.3 Å². The van der Waals surface area contributed by atoms with Crippen LogP contribution in [0.5, 0.6) is 0 Å². The number of fused-ring (bicyclic) bond motifs is 2. The topological polar surface area (TPSA) is 82.5 Å². The smallest absolute Gasteiger partial charge is 0.208 e. The van der Waals surface area contributed by atoms with Crippen LogP contribution in [0.2, 0.25) is 0 Å². The quantitative estimate of drug-likeness (QED) is 0.579. The van der Waals surface area contributed by atoms with Crippen molar-refractivity contribution in [2.75, 3.05) is 50.4 Å². The molecule has 38 heavy (non-hydrogen) atoms. The molecule has 0 spiro atoms. The lowest BCUT2D eigenvalue weighted by molar-refractivity contribution is 0.0443. The molecule has 0 amide bonds. The van der Waals surface area contributed by atoms with Crippen molar-refractivity contribution in [3.8, 4) is 0 Å². The molecule has 0 bridgehead atoms. The number of rotatable bonds is 6. The van der Waals surface area contributed by atoms with E-state index in [2.05, 4.69) is 55.6 Å². The minimum absolute atomic E-state index is 0.172. The fourth-order valence-electron chi connectivity index (χ4n) is 7.91. The fraction of sp³-hybridized carbons (Fsp3) is 0.759. The van der Waals surface area contributed by atoms with Crippen LogP contribution in [-0.4, -0.2) is 80.0 Å². The molecule has 1 aromatic heterocycles. The number of piperidine rings is 1. The third-order valence-corrected chi connectivity index (χ3v) is 10.8. The molecule has 210 valence electrons. The van der Waals surface area contributed by atoms with Crippen LogP contribution in [0.15, 0.2) is 24.3 Å². The Hall–Kier alpha value is -1.68. The van der Waals surface area contributed by atoms with E-state index >= 15 is 0 Å². The highest BCUT2D eigenvalue weighted by Crippen LogP contribution is 2.40. The lowest BCUT2D eigenvalue weighted by Crippen LogP contribution is -2.50. The van der Waals surface area contributed by atoms with E-state index in [4.69, 9.17) is 4.98 Å². The van der Waals surface area contributed by atoms with E-state index in [9.17, 15) is 8.42 Å². The fourth-order valence-corrected chi connectivity index (χ4v) is 8.39. The number of aromatic nitrogens is 2.